The molecule has 0 fully saturated rings. The van der Waals surface area contributed by atoms with Crippen LogP contribution in [0.25, 0.3) is 11.3 Å². The number of hydrogen-bond acceptors (Lipinski definition) is 4. The van der Waals surface area contributed by atoms with Crippen molar-refractivity contribution in [2.24, 2.45) is 0 Å². The monoisotopic (exact) mass is 211 g/mol. The summed E-state index contributed by atoms with van der Waals surface area (Å²) in [5, 5.41) is 0.445. The highest BCUT2D eigenvalue weighted by molar-refractivity contribution is 6.99. The first-order valence-corrected chi connectivity index (χ1v) is 4.80. The summed E-state index contributed by atoms with van der Waals surface area (Å²) >= 11 is 6.97. The number of aryl methyl sites for hydroxylation is 1. The van der Waals surface area contributed by atoms with Crippen LogP contribution in [0, 0.1) is 6.92 Å². The van der Waals surface area contributed by atoms with Gasteiger partial charge in [-0.2, -0.15) is 8.75 Å². The van der Waals surface area contributed by atoms with Gasteiger partial charge in [-0.05, 0) is 19.1 Å². The number of hydrogen-bond donors (Lipinski definition) is 0. The van der Waals surface area contributed by atoms with E-state index < -0.39 is 0 Å². The summed E-state index contributed by atoms with van der Waals surface area (Å²) in [6, 6.07) is 3.79. The Bertz CT molecular complexity index is 427. The Kier molecular flexibility index (Phi) is 2.24. The van der Waals surface area contributed by atoms with Gasteiger partial charge in [0.1, 0.15) is 5.69 Å². The second-order valence-corrected chi connectivity index (χ2v) is 3.43. The van der Waals surface area contributed by atoms with E-state index in [0.29, 0.717) is 5.15 Å². The van der Waals surface area contributed by atoms with Crippen LogP contribution < -0.4 is 0 Å². The first kappa shape index (κ1) is 8.59. The Balaban J connectivity index is 2.59. The molecule has 66 valence electrons. The van der Waals surface area contributed by atoms with Crippen molar-refractivity contribution in [2.75, 3.05) is 0 Å². The van der Waals surface area contributed by atoms with Crippen LogP contribution in [-0.2, 0) is 0 Å². The van der Waals surface area contributed by atoms with E-state index >= 15 is 0 Å². The van der Waals surface area contributed by atoms with Crippen LogP contribution in [0.3, 0.4) is 0 Å². The number of nitrogens with zero attached hydrogens (tertiary/aromatic N) is 3. The van der Waals surface area contributed by atoms with E-state index in [1.807, 2.05) is 19.1 Å². The average Bonchev–Trinajstić information content (AvgIpc) is 2.52. The Morgan fingerprint density at radius 2 is 2.23 bits per heavy atom. The van der Waals surface area contributed by atoms with Crippen molar-refractivity contribution in [3.63, 3.8) is 0 Å². The molecule has 2 aromatic heterocycles. The molecule has 0 aliphatic heterocycles. The number of rotatable bonds is 1. The zero-order valence-corrected chi connectivity index (χ0v) is 8.43. The smallest absolute Gasteiger partial charge is 0.170 e. The first-order chi connectivity index (χ1) is 6.29. The van der Waals surface area contributed by atoms with E-state index in [-0.39, 0.29) is 0 Å². The molecule has 13 heavy (non-hydrogen) atoms. The predicted molar refractivity (Wildman–Crippen MR) is 52.9 cm³/mol. The molecule has 0 N–H and O–H groups in total. The van der Waals surface area contributed by atoms with Gasteiger partial charge in [-0.3, -0.25) is 4.98 Å². The lowest BCUT2D eigenvalue weighted by atomic mass is 10.1. The average molecular weight is 212 g/mol. The van der Waals surface area contributed by atoms with Gasteiger partial charge >= 0.3 is 0 Å². The molecule has 0 aliphatic carbocycles. The Labute approximate surface area is 84.7 Å². The molecule has 0 saturated heterocycles. The van der Waals surface area contributed by atoms with E-state index in [0.717, 1.165) is 28.7 Å². The van der Waals surface area contributed by atoms with Crippen LogP contribution in [0.4, 0.5) is 0 Å². The maximum atomic E-state index is 5.86. The topological polar surface area (TPSA) is 38.7 Å². The maximum absolute atomic E-state index is 5.86. The normalized spacial score (nSPS) is 10.3. The van der Waals surface area contributed by atoms with Crippen LogP contribution in [0.1, 0.15) is 5.69 Å². The fourth-order valence-electron chi connectivity index (χ4n) is 1.07. The van der Waals surface area contributed by atoms with Crippen molar-refractivity contribution in [1.82, 2.24) is 13.7 Å². The molecule has 0 atom stereocenters. The summed E-state index contributed by atoms with van der Waals surface area (Å²) in [7, 11) is 0. The number of aromatic nitrogens is 3. The quantitative estimate of drug-likeness (QED) is 0.728. The highest BCUT2D eigenvalue weighted by Crippen LogP contribution is 2.26. The van der Waals surface area contributed by atoms with Gasteiger partial charge in [-0.1, -0.05) is 11.6 Å². The summed E-state index contributed by atoms with van der Waals surface area (Å²) in [6.45, 7) is 1.92. The maximum Gasteiger partial charge on any atom is 0.170 e. The van der Waals surface area contributed by atoms with Crippen LogP contribution >= 0.6 is 23.3 Å². The van der Waals surface area contributed by atoms with Gasteiger partial charge in [-0.25, -0.2) is 0 Å². The van der Waals surface area contributed by atoms with Crippen LogP contribution in [0.2, 0.25) is 5.15 Å². The standard InChI is InChI=1S/C8H6ClN3S/c1-5-6(3-2-4-10-5)7-8(9)12-13-11-7/h2-4H,1H3. The van der Waals surface area contributed by atoms with Crippen molar-refractivity contribution < 1.29 is 0 Å². The molecule has 2 heterocycles. The number of pyridine rings is 1. The Hall–Kier alpha value is -1.00. The van der Waals surface area contributed by atoms with Crippen LogP contribution in [0.5, 0.6) is 0 Å². The summed E-state index contributed by atoms with van der Waals surface area (Å²) < 4.78 is 8.01. The highest BCUT2D eigenvalue weighted by atomic mass is 35.5. The molecule has 0 aromatic carbocycles. The second-order valence-electron chi connectivity index (χ2n) is 2.54. The van der Waals surface area contributed by atoms with E-state index in [2.05, 4.69) is 13.7 Å². The fourth-order valence-corrected chi connectivity index (χ4v) is 1.83. The summed E-state index contributed by atoms with van der Waals surface area (Å²) in [5.41, 5.74) is 2.58. The van der Waals surface area contributed by atoms with E-state index in [1.165, 1.54) is 0 Å². The third-order valence-corrected chi connectivity index (χ3v) is 2.60. The SMILES string of the molecule is Cc1ncccc1-c1nsnc1Cl. The second kappa shape index (κ2) is 3.40. The summed E-state index contributed by atoms with van der Waals surface area (Å²) in [4.78, 5) is 4.15. The Morgan fingerprint density at radius 1 is 1.38 bits per heavy atom. The van der Waals surface area contributed by atoms with Gasteiger partial charge in [-0.15, -0.1) is 0 Å². The van der Waals surface area contributed by atoms with Crippen LogP contribution in [0.15, 0.2) is 18.3 Å². The lowest BCUT2D eigenvalue weighted by molar-refractivity contribution is 1.20. The van der Waals surface area contributed by atoms with Gasteiger partial charge in [0.2, 0.25) is 0 Å². The molecule has 0 saturated carbocycles. The van der Waals surface area contributed by atoms with Gasteiger partial charge in [0.25, 0.3) is 0 Å². The number of halogens is 1. The van der Waals surface area contributed by atoms with Gasteiger partial charge in [0.05, 0.1) is 11.7 Å². The lowest BCUT2D eigenvalue weighted by Crippen LogP contribution is -1.86. The minimum atomic E-state index is 0.445. The minimum absolute atomic E-state index is 0.445. The molecular weight excluding hydrogens is 206 g/mol. The van der Waals surface area contributed by atoms with E-state index in [9.17, 15) is 0 Å². The van der Waals surface area contributed by atoms with Gasteiger partial charge in [0, 0.05) is 17.5 Å². The molecule has 0 amide bonds. The summed E-state index contributed by atoms with van der Waals surface area (Å²) in [6.07, 6.45) is 1.74. The van der Waals surface area contributed by atoms with Gasteiger partial charge < -0.3 is 0 Å². The predicted octanol–water partition coefficient (Wildman–Crippen LogP) is 2.56. The zero-order valence-electron chi connectivity index (χ0n) is 6.86. The van der Waals surface area contributed by atoms with Crippen molar-refractivity contribution in [3.05, 3.63) is 29.2 Å². The molecule has 5 heteroatoms. The molecule has 0 bridgehead atoms. The van der Waals surface area contributed by atoms with Gasteiger partial charge in [0.15, 0.2) is 5.15 Å². The molecule has 2 aromatic rings. The zero-order chi connectivity index (χ0) is 9.26. The largest absolute Gasteiger partial charge is 0.261 e. The summed E-state index contributed by atoms with van der Waals surface area (Å²) in [5.74, 6) is 0. The third-order valence-electron chi connectivity index (χ3n) is 1.71. The minimum Gasteiger partial charge on any atom is -0.261 e. The molecule has 0 radical (unpaired) electrons. The molecule has 2 rings (SSSR count). The highest BCUT2D eigenvalue weighted by Gasteiger charge is 2.10. The lowest BCUT2D eigenvalue weighted by Gasteiger charge is -1.99. The van der Waals surface area contributed by atoms with E-state index in [4.69, 9.17) is 11.6 Å². The Morgan fingerprint density at radius 3 is 2.85 bits per heavy atom. The van der Waals surface area contributed by atoms with Crippen molar-refractivity contribution in [1.29, 1.82) is 0 Å². The van der Waals surface area contributed by atoms with E-state index in [1.54, 1.807) is 6.20 Å². The van der Waals surface area contributed by atoms with Crippen LogP contribution in [-0.4, -0.2) is 13.7 Å². The third kappa shape index (κ3) is 1.55. The molecule has 0 unspecified atom stereocenters. The van der Waals surface area contributed by atoms with Crippen molar-refractivity contribution in [3.8, 4) is 11.3 Å². The molecule has 3 nitrogen and oxygen atoms in total. The molecule has 0 spiro atoms. The fraction of sp³-hybridized carbons (Fsp3) is 0.125. The van der Waals surface area contributed by atoms with Crippen molar-refractivity contribution >= 4 is 23.3 Å². The first-order valence-electron chi connectivity index (χ1n) is 3.69. The van der Waals surface area contributed by atoms with Crippen molar-refractivity contribution in [2.45, 2.75) is 6.92 Å². The molecular formula is C8H6ClN3S. The molecule has 0 aliphatic rings.